The standard InChI is InChI=1S/C15H30N2O5/c1-10(2)11(9-18)17(13(20)22-15(6,7)8)16-12(19)21-14(3,4)5/h10-11,18H,9H2,1-8H3,(H,16,19)/t11-/m0/s1. The summed E-state index contributed by atoms with van der Waals surface area (Å²) in [6, 6.07) is -0.623. The highest BCUT2D eigenvalue weighted by molar-refractivity contribution is 5.74. The lowest BCUT2D eigenvalue weighted by Gasteiger charge is -2.34. The van der Waals surface area contributed by atoms with Crippen LogP contribution in [0.15, 0.2) is 0 Å². The Morgan fingerprint density at radius 3 is 1.82 bits per heavy atom. The van der Waals surface area contributed by atoms with Crippen molar-refractivity contribution in [1.82, 2.24) is 10.4 Å². The predicted octanol–water partition coefficient (Wildman–Crippen LogP) is 2.68. The second-order valence-corrected chi connectivity index (χ2v) is 7.46. The lowest BCUT2D eigenvalue weighted by Crippen LogP contribution is -2.57. The van der Waals surface area contributed by atoms with Crippen molar-refractivity contribution in [2.24, 2.45) is 5.92 Å². The molecule has 0 bridgehead atoms. The molecule has 0 aromatic heterocycles. The SMILES string of the molecule is CC(C)[C@H](CO)N(NC(=O)OC(C)(C)C)C(=O)OC(C)(C)C. The number of rotatable bonds is 3. The van der Waals surface area contributed by atoms with Crippen molar-refractivity contribution in [3.05, 3.63) is 0 Å². The molecular weight excluding hydrogens is 288 g/mol. The summed E-state index contributed by atoms with van der Waals surface area (Å²) in [6.07, 6.45) is -1.52. The Balaban J connectivity index is 5.17. The number of nitrogens with one attached hydrogen (secondary N) is 1. The van der Waals surface area contributed by atoms with E-state index in [4.69, 9.17) is 9.47 Å². The van der Waals surface area contributed by atoms with E-state index < -0.39 is 29.4 Å². The van der Waals surface area contributed by atoms with E-state index in [1.54, 1.807) is 41.5 Å². The van der Waals surface area contributed by atoms with Gasteiger partial charge >= 0.3 is 12.2 Å². The molecule has 2 amide bonds. The topological polar surface area (TPSA) is 88.1 Å². The van der Waals surface area contributed by atoms with Crippen LogP contribution in [0, 0.1) is 5.92 Å². The minimum atomic E-state index is -0.780. The average Bonchev–Trinajstić information content (AvgIpc) is 2.22. The summed E-state index contributed by atoms with van der Waals surface area (Å²) in [4.78, 5) is 24.2. The van der Waals surface area contributed by atoms with Gasteiger partial charge < -0.3 is 14.6 Å². The first-order chi connectivity index (χ1) is 9.76. The lowest BCUT2D eigenvalue weighted by atomic mass is 10.1. The highest BCUT2D eigenvalue weighted by Crippen LogP contribution is 2.15. The molecule has 0 radical (unpaired) electrons. The molecule has 0 aromatic rings. The molecule has 0 saturated carbocycles. The molecule has 1 atom stereocenters. The number of aliphatic hydroxyl groups excluding tert-OH is 1. The van der Waals surface area contributed by atoms with Crippen LogP contribution < -0.4 is 5.43 Å². The van der Waals surface area contributed by atoms with E-state index in [1.165, 1.54) is 0 Å². The van der Waals surface area contributed by atoms with Crippen LogP contribution in [0.25, 0.3) is 0 Å². The normalized spacial score (nSPS) is 13.5. The molecule has 0 unspecified atom stereocenters. The molecule has 22 heavy (non-hydrogen) atoms. The second kappa shape index (κ2) is 7.67. The van der Waals surface area contributed by atoms with Crippen LogP contribution in [0.5, 0.6) is 0 Å². The molecule has 130 valence electrons. The Hall–Kier alpha value is -1.50. The molecule has 0 spiro atoms. The number of carbonyl (C=O) groups excluding carboxylic acids is 2. The molecule has 7 heteroatoms. The third-order valence-electron chi connectivity index (χ3n) is 2.49. The van der Waals surface area contributed by atoms with Gasteiger partial charge in [-0.2, -0.15) is 0 Å². The van der Waals surface area contributed by atoms with Crippen molar-refractivity contribution >= 4 is 12.2 Å². The molecule has 0 aliphatic rings. The van der Waals surface area contributed by atoms with Gasteiger partial charge in [-0.15, -0.1) is 0 Å². The molecule has 0 aliphatic carbocycles. The van der Waals surface area contributed by atoms with Crippen molar-refractivity contribution in [2.45, 2.75) is 72.6 Å². The van der Waals surface area contributed by atoms with E-state index in [0.29, 0.717) is 0 Å². The van der Waals surface area contributed by atoms with Gasteiger partial charge in [0.1, 0.15) is 11.2 Å². The minimum absolute atomic E-state index is 0.0903. The van der Waals surface area contributed by atoms with E-state index in [1.807, 2.05) is 13.8 Å². The fraction of sp³-hybridized carbons (Fsp3) is 0.867. The van der Waals surface area contributed by atoms with Gasteiger partial charge in [-0.05, 0) is 47.5 Å². The largest absolute Gasteiger partial charge is 0.443 e. The summed E-state index contributed by atoms with van der Waals surface area (Å²) < 4.78 is 10.4. The summed E-state index contributed by atoms with van der Waals surface area (Å²) in [5.74, 6) is -0.0903. The van der Waals surface area contributed by atoms with Crippen LogP contribution in [-0.4, -0.2) is 46.2 Å². The zero-order valence-electron chi connectivity index (χ0n) is 14.9. The van der Waals surface area contributed by atoms with Gasteiger partial charge in [0.05, 0.1) is 12.6 Å². The van der Waals surface area contributed by atoms with Crippen molar-refractivity contribution < 1.29 is 24.2 Å². The Bertz CT molecular complexity index is 382. The van der Waals surface area contributed by atoms with E-state index in [9.17, 15) is 14.7 Å². The zero-order chi connectivity index (χ0) is 17.7. The fourth-order valence-corrected chi connectivity index (χ4v) is 1.56. The van der Waals surface area contributed by atoms with Crippen molar-refractivity contribution in [2.75, 3.05) is 6.61 Å². The van der Waals surface area contributed by atoms with Crippen molar-refractivity contribution in [3.63, 3.8) is 0 Å². The van der Waals surface area contributed by atoms with Gasteiger partial charge in [0.15, 0.2) is 0 Å². The van der Waals surface area contributed by atoms with E-state index in [0.717, 1.165) is 5.01 Å². The summed E-state index contributed by atoms with van der Waals surface area (Å²) in [5.41, 5.74) is 0.947. The van der Waals surface area contributed by atoms with Crippen LogP contribution in [0.2, 0.25) is 0 Å². The maximum atomic E-state index is 12.3. The second-order valence-electron chi connectivity index (χ2n) is 7.46. The highest BCUT2D eigenvalue weighted by atomic mass is 16.6. The third-order valence-corrected chi connectivity index (χ3v) is 2.49. The number of hydrogen-bond donors (Lipinski definition) is 2. The fourth-order valence-electron chi connectivity index (χ4n) is 1.56. The van der Waals surface area contributed by atoms with Crippen molar-refractivity contribution in [1.29, 1.82) is 0 Å². The predicted molar refractivity (Wildman–Crippen MR) is 83.2 cm³/mol. The average molecular weight is 318 g/mol. The van der Waals surface area contributed by atoms with Gasteiger partial charge in [-0.25, -0.2) is 20.0 Å². The van der Waals surface area contributed by atoms with Gasteiger partial charge in [0.25, 0.3) is 0 Å². The van der Waals surface area contributed by atoms with Crippen LogP contribution in [-0.2, 0) is 9.47 Å². The molecule has 2 N–H and O–H groups in total. The highest BCUT2D eigenvalue weighted by Gasteiger charge is 2.32. The Morgan fingerprint density at radius 1 is 1.05 bits per heavy atom. The number of ether oxygens (including phenoxy) is 2. The Kier molecular flexibility index (Phi) is 7.15. The summed E-state index contributed by atoms with van der Waals surface area (Å²) >= 11 is 0. The molecule has 0 fully saturated rings. The van der Waals surface area contributed by atoms with Gasteiger partial charge in [0, 0.05) is 0 Å². The first kappa shape index (κ1) is 20.5. The van der Waals surface area contributed by atoms with Crippen LogP contribution in [0.4, 0.5) is 9.59 Å². The van der Waals surface area contributed by atoms with Crippen LogP contribution in [0.1, 0.15) is 55.4 Å². The smallest absolute Gasteiger partial charge is 0.429 e. The monoisotopic (exact) mass is 318 g/mol. The maximum absolute atomic E-state index is 12.3. The molecular formula is C15H30N2O5. The van der Waals surface area contributed by atoms with Gasteiger partial charge in [-0.1, -0.05) is 13.8 Å². The number of hydrazine groups is 1. The molecule has 0 heterocycles. The number of nitrogens with zero attached hydrogens (tertiary/aromatic N) is 1. The number of amides is 2. The molecule has 0 aromatic carbocycles. The maximum Gasteiger partial charge on any atom is 0.429 e. The number of hydrogen-bond acceptors (Lipinski definition) is 5. The first-order valence-electron chi connectivity index (χ1n) is 7.39. The van der Waals surface area contributed by atoms with E-state index in [-0.39, 0.29) is 12.5 Å². The van der Waals surface area contributed by atoms with Gasteiger partial charge in [0.2, 0.25) is 0 Å². The summed E-state index contributed by atoms with van der Waals surface area (Å²) in [5, 5.41) is 10.5. The Labute approximate surface area is 132 Å². The van der Waals surface area contributed by atoms with E-state index >= 15 is 0 Å². The summed E-state index contributed by atoms with van der Waals surface area (Å²) in [7, 11) is 0. The molecule has 0 saturated heterocycles. The minimum Gasteiger partial charge on any atom is -0.443 e. The quantitative estimate of drug-likeness (QED) is 0.781. The van der Waals surface area contributed by atoms with Gasteiger partial charge in [-0.3, -0.25) is 0 Å². The first-order valence-corrected chi connectivity index (χ1v) is 7.39. The van der Waals surface area contributed by atoms with Crippen LogP contribution in [0.3, 0.4) is 0 Å². The van der Waals surface area contributed by atoms with Crippen LogP contribution >= 0.6 is 0 Å². The zero-order valence-corrected chi connectivity index (χ0v) is 14.9. The number of carbonyl (C=O) groups is 2. The van der Waals surface area contributed by atoms with Crippen molar-refractivity contribution in [3.8, 4) is 0 Å². The summed E-state index contributed by atoms with van der Waals surface area (Å²) in [6.45, 7) is 13.7. The molecule has 7 nitrogen and oxygen atoms in total. The van der Waals surface area contributed by atoms with E-state index in [2.05, 4.69) is 5.43 Å². The Morgan fingerprint density at radius 2 is 1.50 bits per heavy atom. The third kappa shape index (κ3) is 8.07. The molecule has 0 rings (SSSR count). The molecule has 0 aliphatic heterocycles. The lowest BCUT2D eigenvalue weighted by molar-refractivity contribution is -0.0234. The number of aliphatic hydroxyl groups is 1.